The van der Waals surface area contributed by atoms with Gasteiger partial charge in [-0.25, -0.2) is 15.4 Å². The van der Waals surface area contributed by atoms with Crippen LogP contribution < -0.4 is 10.7 Å². The van der Waals surface area contributed by atoms with Crippen molar-refractivity contribution in [3.63, 3.8) is 0 Å². The largest absolute Gasteiger partial charge is 0.291 e. The lowest BCUT2D eigenvalue weighted by Crippen LogP contribution is -2.34. The quantitative estimate of drug-likeness (QED) is 0.384. The van der Waals surface area contributed by atoms with E-state index in [1.165, 1.54) is 0 Å². The van der Waals surface area contributed by atoms with Gasteiger partial charge in [0.2, 0.25) is 5.95 Å². The molecule has 0 amide bonds. The van der Waals surface area contributed by atoms with Crippen molar-refractivity contribution in [1.82, 2.24) is 15.3 Å². The van der Waals surface area contributed by atoms with Gasteiger partial charge in [0.05, 0.1) is 18.4 Å². The predicted molar refractivity (Wildman–Crippen MR) is 125 cm³/mol. The van der Waals surface area contributed by atoms with Crippen molar-refractivity contribution in [3.05, 3.63) is 91.0 Å². The molecule has 3 aromatic rings. The number of aromatic nitrogens is 2. The minimum Gasteiger partial charge on any atom is -0.262 e. The minimum absolute atomic E-state index is 0.263. The zero-order valence-corrected chi connectivity index (χ0v) is 17.2. The van der Waals surface area contributed by atoms with Crippen LogP contribution in [0, 0.1) is 0 Å². The van der Waals surface area contributed by atoms with E-state index < -0.39 is 0 Å². The van der Waals surface area contributed by atoms with E-state index in [-0.39, 0.29) is 6.04 Å². The highest BCUT2D eigenvalue weighted by Crippen LogP contribution is 2.25. The van der Waals surface area contributed by atoms with Crippen molar-refractivity contribution < 1.29 is 4.58 Å². The molecule has 6 heteroatoms. The molecule has 1 aliphatic carbocycles. The Labute approximate surface area is 181 Å². The molecule has 5 rings (SSSR count). The predicted octanol–water partition coefficient (Wildman–Crippen LogP) is 3.72. The minimum atomic E-state index is 0.263. The third-order valence-electron chi connectivity index (χ3n) is 5.46. The SMILES string of the molecule is C[N+]1=C(/C=N/Nc2nc(-c3ccccc3)cc(-c3ccccc3)n2)N[C@H]2C=CC=C[C@H]21. The molecule has 31 heavy (non-hydrogen) atoms. The van der Waals surface area contributed by atoms with Crippen LogP contribution in [0.15, 0.2) is 96.1 Å². The van der Waals surface area contributed by atoms with Crippen LogP contribution in [0.3, 0.4) is 0 Å². The Hall–Kier alpha value is -4.06. The molecule has 0 bridgehead atoms. The van der Waals surface area contributed by atoms with Crippen LogP contribution in [0.2, 0.25) is 0 Å². The Balaban J connectivity index is 1.43. The number of hydrazone groups is 1. The summed E-state index contributed by atoms with van der Waals surface area (Å²) < 4.78 is 2.17. The number of amidine groups is 1. The first kappa shape index (κ1) is 18.9. The second-order valence-electron chi connectivity index (χ2n) is 7.49. The lowest BCUT2D eigenvalue weighted by molar-refractivity contribution is -0.515. The molecule has 0 radical (unpaired) electrons. The molecule has 2 aromatic carbocycles. The number of nitrogens with zero attached hydrogens (tertiary/aromatic N) is 4. The van der Waals surface area contributed by atoms with Crippen LogP contribution in [0.4, 0.5) is 5.95 Å². The first-order chi connectivity index (χ1) is 15.3. The molecule has 152 valence electrons. The fourth-order valence-corrected chi connectivity index (χ4v) is 3.82. The van der Waals surface area contributed by atoms with Crippen LogP contribution in [0.25, 0.3) is 22.5 Å². The molecule has 0 fully saturated rings. The van der Waals surface area contributed by atoms with Crippen molar-refractivity contribution in [2.24, 2.45) is 5.10 Å². The Kier molecular flexibility index (Phi) is 5.10. The van der Waals surface area contributed by atoms with E-state index in [0.29, 0.717) is 12.0 Å². The highest BCUT2D eigenvalue weighted by atomic mass is 15.4. The molecule has 0 unspecified atom stereocenters. The Morgan fingerprint density at radius 3 is 2.13 bits per heavy atom. The molecule has 0 spiro atoms. The summed E-state index contributed by atoms with van der Waals surface area (Å²) in [5.41, 5.74) is 6.77. The lowest BCUT2D eigenvalue weighted by atomic mass is 10.0. The Morgan fingerprint density at radius 2 is 1.52 bits per heavy atom. The Bertz CT molecular complexity index is 1140. The number of rotatable bonds is 5. The molecular weight excluding hydrogens is 384 g/mol. The molecule has 2 aliphatic rings. The van der Waals surface area contributed by atoms with Crippen LogP contribution in [0.5, 0.6) is 0 Å². The van der Waals surface area contributed by atoms with Crippen LogP contribution in [-0.4, -0.2) is 45.7 Å². The van der Waals surface area contributed by atoms with Gasteiger partial charge in [-0.1, -0.05) is 72.8 Å². The molecule has 6 nitrogen and oxygen atoms in total. The van der Waals surface area contributed by atoms with Crippen LogP contribution in [0.1, 0.15) is 0 Å². The zero-order valence-electron chi connectivity index (χ0n) is 17.2. The van der Waals surface area contributed by atoms with Gasteiger partial charge in [0.25, 0.3) is 5.84 Å². The van der Waals surface area contributed by atoms with Gasteiger partial charge in [-0.2, -0.15) is 5.10 Å². The lowest BCUT2D eigenvalue weighted by Gasteiger charge is -2.10. The van der Waals surface area contributed by atoms with Gasteiger partial charge in [-0.05, 0) is 18.2 Å². The second-order valence-corrected chi connectivity index (χ2v) is 7.49. The number of allylic oxidation sites excluding steroid dienone is 2. The zero-order chi connectivity index (χ0) is 21.0. The standard InChI is InChI=1S/C25H22N6/c1-31-23-15-9-8-14-20(23)27-24(31)17-26-30-25-28-21(18-10-4-2-5-11-18)16-22(29-25)19-12-6-3-7-13-19/h2-17,20,23H,1H3,(H,27,28,29,30)/p+1/t20-,23+/m0/s1. The molecule has 1 aromatic heterocycles. The number of hydrogen-bond acceptors (Lipinski definition) is 5. The summed E-state index contributed by atoms with van der Waals surface area (Å²) in [5.74, 6) is 1.40. The topological polar surface area (TPSA) is 65.2 Å². The number of hydrogen-bond donors (Lipinski definition) is 2. The number of fused-ring (bicyclic) bond motifs is 1. The van der Waals surface area contributed by atoms with Crippen molar-refractivity contribution in [2.45, 2.75) is 12.1 Å². The maximum Gasteiger partial charge on any atom is 0.291 e. The summed E-state index contributed by atoms with van der Waals surface area (Å²) in [5, 5.41) is 7.89. The van der Waals surface area contributed by atoms with Gasteiger partial charge in [0.1, 0.15) is 6.21 Å². The van der Waals surface area contributed by atoms with Crippen molar-refractivity contribution in [2.75, 3.05) is 12.5 Å². The van der Waals surface area contributed by atoms with Crippen molar-refractivity contribution in [1.29, 1.82) is 0 Å². The maximum atomic E-state index is 4.68. The number of likely N-dealkylation sites (N-methyl/N-ethyl adjacent to an activating group) is 1. The van der Waals surface area contributed by atoms with Gasteiger partial charge in [-0.15, -0.1) is 0 Å². The molecular formula is C25H23N6+. The number of benzene rings is 2. The van der Waals surface area contributed by atoms with Crippen molar-refractivity contribution in [3.8, 4) is 22.5 Å². The highest BCUT2D eigenvalue weighted by molar-refractivity contribution is 6.27. The van der Waals surface area contributed by atoms with Gasteiger partial charge < -0.3 is 0 Å². The van der Waals surface area contributed by atoms with E-state index in [9.17, 15) is 0 Å². The summed E-state index contributed by atoms with van der Waals surface area (Å²) in [4.78, 5) is 9.37. The van der Waals surface area contributed by atoms with Gasteiger partial charge >= 0.3 is 0 Å². The first-order valence-corrected chi connectivity index (χ1v) is 10.3. The molecule has 2 N–H and O–H groups in total. The average molecular weight is 408 g/mol. The van der Waals surface area contributed by atoms with E-state index in [1.807, 2.05) is 66.7 Å². The highest BCUT2D eigenvalue weighted by Gasteiger charge is 2.35. The average Bonchev–Trinajstić information content (AvgIpc) is 3.15. The molecule has 2 heterocycles. The van der Waals surface area contributed by atoms with E-state index in [2.05, 4.69) is 61.7 Å². The third-order valence-corrected chi connectivity index (χ3v) is 5.46. The number of nitrogens with one attached hydrogen (secondary N) is 2. The fourth-order valence-electron chi connectivity index (χ4n) is 3.82. The first-order valence-electron chi connectivity index (χ1n) is 10.3. The summed E-state index contributed by atoms with van der Waals surface area (Å²) in [7, 11) is 2.06. The van der Waals surface area contributed by atoms with Crippen molar-refractivity contribution >= 4 is 18.0 Å². The summed E-state index contributed by atoms with van der Waals surface area (Å²) in [6, 6.07) is 22.7. The van der Waals surface area contributed by atoms with Gasteiger partial charge in [0.15, 0.2) is 12.1 Å². The van der Waals surface area contributed by atoms with Crippen LogP contribution in [-0.2, 0) is 0 Å². The summed E-state index contributed by atoms with van der Waals surface area (Å²) in [6.07, 6.45) is 10.3. The molecule has 1 aliphatic heterocycles. The summed E-state index contributed by atoms with van der Waals surface area (Å²) in [6.45, 7) is 0. The van der Waals surface area contributed by atoms with E-state index in [0.717, 1.165) is 28.4 Å². The second kappa shape index (κ2) is 8.36. The maximum absolute atomic E-state index is 4.68. The third kappa shape index (κ3) is 4.00. The number of anilines is 1. The van der Waals surface area contributed by atoms with Crippen LogP contribution >= 0.6 is 0 Å². The smallest absolute Gasteiger partial charge is 0.262 e. The monoisotopic (exact) mass is 407 g/mol. The fraction of sp³-hybridized carbons (Fsp3) is 0.120. The molecule has 2 atom stereocenters. The Morgan fingerprint density at radius 1 is 0.903 bits per heavy atom. The van der Waals surface area contributed by atoms with Gasteiger partial charge in [-0.3, -0.25) is 9.89 Å². The van der Waals surface area contributed by atoms with Gasteiger partial charge in [0, 0.05) is 11.1 Å². The normalized spacial score (nSPS) is 19.5. The summed E-state index contributed by atoms with van der Waals surface area (Å²) >= 11 is 0. The molecule has 0 saturated heterocycles. The van der Waals surface area contributed by atoms with E-state index >= 15 is 0 Å². The van der Waals surface area contributed by atoms with E-state index in [4.69, 9.17) is 0 Å². The molecule has 0 saturated carbocycles. The van der Waals surface area contributed by atoms with E-state index in [1.54, 1.807) is 6.21 Å².